The summed E-state index contributed by atoms with van der Waals surface area (Å²) in [5.41, 5.74) is 4.88. The third-order valence-electron chi connectivity index (χ3n) is 3.43. The van der Waals surface area contributed by atoms with Gasteiger partial charge in [0.25, 0.3) is 0 Å². The minimum absolute atomic E-state index is 0.732. The first-order valence-electron chi connectivity index (χ1n) is 6.79. The molecule has 4 rings (SSSR count). The largest absolute Gasteiger partial charge is 0.228 e. The predicted octanol–water partition coefficient (Wildman–Crippen LogP) is 3.86. The SMILES string of the molecule is [c]1cnn2c(-c3ccccc3)cc(-c3ccccc3)nc12. The Bertz CT molecular complexity index is 880. The lowest BCUT2D eigenvalue weighted by atomic mass is 10.1. The molecule has 2 aromatic heterocycles. The van der Waals surface area contributed by atoms with Gasteiger partial charge < -0.3 is 0 Å². The fourth-order valence-electron chi connectivity index (χ4n) is 2.42. The van der Waals surface area contributed by atoms with Gasteiger partial charge in [-0.05, 0) is 6.07 Å². The number of aromatic nitrogens is 3. The van der Waals surface area contributed by atoms with Crippen LogP contribution in [0.15, 0.2) is 72.9 Å². The van der Waals surface area contributed by atoms with Gasteiger partial charge in [0.2, 0.25) is 0 Å². The van der Waals surface area contributed by atoms with E-state index in [2.05, 4.69) is 46.5 Å². The summed E-state index contributed by atoms with van der Waals surface area (Å²) in [6.07, 6.45) is 1.66. The Balaban J connectivity index is 2.00. The van der Waals surface area contributed by atoms with E-state index in [1.807, 2.05) is 40.9 Å². The van der Waals surface area contributed by atoms with Gasteiger partial charge in [0, 0.05) is 11.1 Å². The molecule has 3 nitrogen and oxygen atoms in total. The highest BCUT2D eigenvalue weighted by molar-refractivity contribution is 5.71. The zero-order chi connectivity index (χ0) is 14.1. The van der Waals surface area contributed by atoms with Crippen molar-refractivity contribution in [2.24, 2.45) is 0 Å². The van der Waals surface area contributed by atoms with Crippen molar-refractivity contribution in [1.82, 2.24) is 14.6 Å². The summed E-state index contributed by atoms with van der Waals surface area (Å²) >= 11 is 0. The lowest BCUT2D eigenvalue weighted by Gasteiger charge is -2.08. The van der Waals surface area contributed by atoms with E-state index in [-0.39, 0.29) is 0 Å². The second-order valence-corrected chi connectivity index (χ2v) is 4.78. The molecule has 2 aromatic carbocycles. The molecule has 0 N–H and O–H groups in total. The van der Waals surface area contributed by atoms with Crippen LogP contribution in [0, 0.1) is 6.07 Å². The lowest BCUT2D eigenvalue weighted by Crippen LogP contribution is -1.98. The van der Waals surface area contributed by atoms with Crippen molar-refractivity contribution in [1.29, 1.82) is 0 Å². The monoisotopic (exact) mass is 270 g/mol. The summed E-state index contributed by atoms with van der Waals surface area (Å²) in [5.74, 6) is 0. The van der Waals surface area contributed by atoms with Crippen LogP contribution in [0.2, 0.25) is 0 Å². The fraction of sp³-hybridized carbons (Fsp3) is 0. The standard InChI is InChI=1S/C18H12N3/c1-3-7-14(8-4-1)16-13-17(15-9-5-2-6-10-15)21-18(20-16)11-12-19-21/h1-10,12-13H. The second kappa shape index (κ2) is 4.87. The zero-order valence-corrected chi connectivity index (χ0v) is 11.3. The summed E-state index contributed by atoms with van der Waals surface area (Å²) in [6.45, 7) is 0. The molecular weight excluding hydrogens is 258 g/mol. The Morgan fingerprint density at radius 1 is 0.810 bits per heavy atom. The molecule has 3 heteroatoms. The van der Waals surface area contributed by atoms with E-state index in [1.165, 1.54) is 0 Å². The maximum Gasteiger partial charge on any atom is 0.164 e. The van der Waals surface area contributed by atoms with Crippen molar-refractivity contribution in [3.63, 3.8) is 0 Å². The minimum atomic E-state index is 0.732. The van der Waals surface area contributed by atoms with Crippen LogP contribution < -0.4 is 0 Å². The van der Waals surface area contributed by atoms with Crippen LogP contribution >= 0.6 is 0 Å². The van der Waals surface area contributed by atoms with Crippen LogP contribution in [0.5, 0.6) is 0 Å². The van der Waals surface area contributed by atoms with E-state index in [0.717, 1.165) is 28.2 Å². The van der Waals surface area contributed by atoms with Gasteiger partial charge in [-0.2, -0.15) is 5.10 Å². The van der Waals surface area contributed by atoms with Gasteiger partial charge in [0.05, 0.1) is 23.7 Å². The average molecular weight is 270 g/mol. The molecule has 0 amide bonds. The first-order valence-corrected chi connectivity index (χ1v) is 6.79. The minimum Gasteiger partial charge on any atom is -0.228 e. The molecular formula is C18H12N3. The molecule has 0 aliphatic carbocycles. The van der Waals surface area contributed by atoms with Gasteiger partial charge in [-0.1, -0.05) is 60.7 Å². The van der Waals surface area contributed by atoms with Crippen molar-refractivity contribution in [3.8, 4) is 22.5 Å². The topological polar surface area (TPSA) is 30.2 Å². The molecule has 4 aromatic rings. The Morgan fingerprint density at radius 3 is 2.19 bits per heavy atom. The van der Waals surface area contributed by atoms with Crippen molar-refractivity contribution < 1.29 is 0 Å². The van der Waals surface area contributed by atoms with Crippen molar-refractivity contribution in [3.05, 3.63) is 79.0 Å². The lowest BCUT2D eigenvalue weighted by molar-refractivity contribution is 0.949. The van der Waals surface area contributed by atoms with Gasteiger partial charge in [0.1, 0.15) is 0 Å². The summed E-state index contributed by atoms with van der Waals surface area (Å²) in [6, 6.07) is 25.5. The molecule has 0 bridgehead atoms. The van der Waals surface area contributed by atoms with Gasteiger partial charge in [0.15, 0.2) is 5.65 Å². The quantitative estimate of drug-likeness (QED) is 0.553. The van der Waals surface area contributed by atoms with Gasteiger partial charge in [-0.25, -0.2) is 9.50 Å². The van der Waals surface area contributed by atoms with E-state index in [1.54, 1.807) is 6.20 Å². The Hall–Kier alpha value is -2.94. The molecule has 1 radical (unpaired) electrons. The summed E-state index contributed by atoms with van der Waals surface area (Å²) in [4.78, 5) is 4.64. The highest BCUT2D eigenvalue weighted by atomic mass is 15.2. The number of fused-ring (bicyclic) bond motifs is 1. The maximum absolute atomic E-state index is 4.64. The van der Waals surface area contributed by atoms with Crippen molar-refractivity contribution >= 4 is 5.65 Å². The van der Waals surface area contributed by atoms with Gasteiger partial charge in [-0.3, -0.25) is 0 Å². The molecule has 21 heavy (non-hydrogen) atoms. The molecule has 0 fully saturated rings. The summed E-state index contributed by atoms with van der Waals surface area (Å²) in [7, 11) is 0. The zero-order valence-electron chi connectivity index (χ0n) is 11.3. The Kier molecular flexibility index (Phi) is 2.75. The van der Waals surface area contributed by atoms with Gasteiger partial charge in [-0.15, -0.1) is 0 Å². The van der Waals surface area contributed by atoms with E-state index in [9.17, 15) is 0 Å². The molecule has 0 aliphatic rings. The molecule has 0 unspecified atom stereocenters. The van der Waals surface area contributed by atoms with Crippen LogP contribution in [-0.4, -0.2) is 14.6 Å². The number of hydrogen-bond acceptors (Lipinski definition) is 2. The maximum atomic E-state index is 4.64. The molecule has 0 saturated heterocycles. The van der Waals surface area contributed by atoms with E-state index in [0.29, 0.717) is 0 Å². The number of hydrogen-bond donors (Lipinski definition) is 0. The normalized spacial score (nSPS) is 10.9. The molecule has 0 atom stereocenters. The number of rotatable bonds is 2. The number of nitrogens with zero attached hydrogens (tertiary/aromatic N) is 3. The van der Waals surface area contributed by atoms with E-state index < -0.39 is 0 Å². The van der Waals surface area contributed by atoms with Gasteiger partial charge >= 0.3 is 0 Å². The first kappa shape index (κ1) is 11.9. The third-order valence-corrected chi connectivity index (χ3v) is 3.43. The fourth-order valence-corrected chi connectivity index (χ4v) is 2.42. The van der Waals surface area contributed by atoms with Crippen LogP contribution in [0.4, 0.5) is 0 Å². The van der Waals surface area contributed by atoms with Crippen molar-refractivity contribution in [2.75, 3.05) is 0 Å². The van der Waals surface area contributed by atoms with Crippen LogP contribution in [0.3, 0.4) is 0 Å². The third kappa shape index (κ3) is 2.09. The number of benzene rings is 2. The van der Waals surface area contributed by atoms with Crippen LogP contribution in [0.1, 0.15) is 0 Å². The first-order chi connectivity index (χ1) is 10.4. The van der Waals surface area contributed by atoms with E-state index >= 15 is 0 Å². The van der Waals surface area contributed by atoms with Crippen molar-refractivity contribution in [2.45, 2.75) is 0 Å². The van der Waals surface area contributed by atoms with E-state index in [4.69, 9.17) is 0 Å². The average Bonchev–Trinajstić information content (AvgIpc) is 3.04. The molecule has 99 valence electrons. The summed E-state index contributed by atoms with van der Waals surface area (Å²) in [5, 5.41) is 4.33. The smallest absolute Gasteiger partial charge is 0.164 e. The molecule has 0 saturated carbocycles. The Morgan fingerprint density at radius 2 is 1.48 bits per heavy atom. The van der Waals surface area contributed by atoms with Crippen LogP contribution in [0.25, 0.3) is 28.2 Å². The molecule has 0 aliphatic heterocycles. The second-order valence-electron chi connectivity index (χ2n) is 4.78. The summed E-state index contributed by atoms with van der Waals surface area (Å²) < 4.78 is 1.82. The highest BCUT2D eigenvalue weighted by Crippen LogP contribution is 2.25. The Labute approximate surface area is 122 Å². The van der Waals surface area contributed by atoms with Crippen LogP contribution in [-0.2, 0) is 0 Å². The molecule has 0 spiro atoms. The predicted molar refractivity (Wildman–Crippen MR) is 82.7 cm³/mol. The highest BCUT2D eigenvalue weighted by Gasteiger charge is 2.09. The molecule has 2 heterocycles.